The maximum atomic E-state index is 12.3. The second kappa shape index (κ2) is 7.89. The van der Waals surface area contributed by atoms with E-state index in [-0.39, 0.29) is 18.4 Å². The van der Waals surface area contributed by atoms with Crippen LogP contribution in [0.3, 0.4) is 0 Å². The highest BCUT2D eigenvalue weighted by molar-refractivity contribution is 7.12. The predicted molar refractivity (Wildman–Crippen MR) is 98.5 cm³/mol. The van der Waals surface area contributed by atoms with Gasteiger partial charge in [0, 0.05) is 31.2 Å². The Kier molecular flexibility index (Phi) is 5.60. The third-order valence-electron chi connectivity index (χ3n) is 4.14. The summed E-state index contributed by atoms with van der Waals surface area (Å²) in [6.45, 7) is 4.02. The van der Waals surface area contributed by atoms with Crippen LogP contribution in [-0.2, 0) is 4.79 Å². The Morgan fingerprint density at radius 1 is 1.16 bits per heavy atom. The Labute approximate surface area is 155 Å². The second-order valence-corrected chi connectivity index (χ2v) is 7.23. The zero-order valence-corrected chi connectivity index (χ0v) is 15.5. The topological polar surface area (TPSA) is 49.9 Å². The van der Waals surface area contributed by atoms with Gasteiger partial charge in [0.2, 0.25) is 0 Å². The lowest BCUT2D eigenvalue weighted by Gasteiger charge is -2.34. The molecule has 5 nitrogen and oxygen atoms in total. The summed E-state index contributed by atoms with van der Waals surface area (Å²) in [4.78, 5) is 28.9. The number of benzene rings is 1. The smallest absolute Gasteiger partial charge is 0.264 e. The quantitative estimate of drug-likeness (QED) is 0.821. The van der Waals surface area contributed by atoms with Gasteiger partial charge in [0.05, 0.1) is 4.88 Å². The molecule has 1 aliphatic heterocycles. The summed E-state index contributed by atoms with van der Waals surface area (Å²) in [6.07, 6.45) is 0. The van der Waals surface area contributed by atoms with Crippen molar-refractivity contribution in [1.82, 2.24) is 9.80 Å². The van der Waals surface area contributed by atoms with Crippen molar-refractivity contribution in [2.45, 2.75) is 6.92 Å². The summed E-state index contributed by atoms with van der Waals surface area (Å²) < 4.78 is 5.61. The van der Waals surface area contributed by atoms with E-state index in [2.05, 4.69) is 0 Å². The van der Waals surface area contributed by atoms with Gasteiger partial charge in [-0.15, -0.1) is 11.3 Å². The molecule has 1 saturated heterocycles. The summed E-state index contributed by atoms with van der Waals surface area (Å²) in [5.41, 5.74) is 0.895. The molecule has 0 aliphatic carbocycles. The van der Waals surface area contributed by atoms with Crippen molar-refractivity contribution in [2.24, 2.45) is 0 Å². The van der Waals surface area contributed by atoms with E-state index in [0.29, 0.717) is 37.0 Å². The second-order valence-electron chi connectivity index (χ2n) is 5.85. The summed E-state index contributed by atoms with van der Waals surface area (Å²) in [5.74, 6) is 0.622. The van der Waals surface area contributed by atoms with Crippen LogP contribution in [0.15, 0.2) is 35.7 Å². The van der Waals surface area contributed by atoms with Gasteiger partial charge in [0.25, 0.3) is 11.8 Å². The Morgan fingerprint density at radius 2 is 1.88 bits per heavy atom. The van der Waals surface area contributed by atoms with E-state index < -0.39 is 0 Å². The Morgan fingerprint density at radius 3 is 2.52 bits per heavy atom. The number of halogens is 1. The molecular weight excluding hydrogens is 360 g/mol. The van der Waals surface area contributed by atoms with Crippen LogP contribution in [0.1, 0.15) is 15.2 Å². The molecule has 7 heteroatoms. The number of carbonyl (C=O) groups excluding carboxylic acids is 2. The van der Waals surface area contributed by atoms with Gasteiger partial charge in [-0.1, -0.05) is 17.7 Å². The van der Waals surface area contributed by atoms with Gasteiger partial charge < -0.3 is 14.5 Å². The van der Waals surface area contributed by atoms with E-state index in [1.165, 1.54) is 11.3 Å². The molecule has 2 heterocycles. The van der Waals surface area contributed by atoms with Gasteiger partial charge in [-0.3, -0.25) is 9.59 Å². The molecule has 0 N–H and O–H groups in total. The minimum Gasteiger partial charge on any atom is -0.483 e. The van der Waals surface area contributed by atoms with Gasteiger partial charge in [-0.25, -0.2) is 0 Å². The molecule has 0 radical (unpaired) electrons. The lowest BCUT2D eigenvalue weighted by molar-refractivity contribution is -0.134. The number of piperazine rings is 1. The van der Waals surface area contributed by atoms with Gasteiger partial charge in [-0.05, 0) is 42.1 Å². The summed E-state index contributed by atoms with van der Waals surface area (Å²) in [7, 11) is 0. The molecule has 1 aromatic carbocycles. The van der Waals surface area contributed by atoms with Crippen LogP contribution in [-0.4, -0.2) is 54.4 Å². The fourth-order valence-electron chi connectivity index (χ4n) is 2.72. The highest BCUT2D eigenvalue weighted by Crippen LogP contribution is 2.22. The molecule has 0 unspecified atom stereocenters. The highest BCUT2D eigenvalue weighted by Gasteiger charge is 2.25. The lowest BCUT2D eigenvalue weighted by atomic mass is 10.2. The minimum absolute atomic E-state index is 0.0126. The predicted octanol–water partition coefficient (Wildman–Crippen LogP) is 3.07. The fraction of sp³-hybridized carbons (Fsp3) is 0.333. The number of rotatable bonds is 4. The van der Waals surface area contributed by atoms with Crippen LogP contribution in [0, 0.1) is 6.92 Å². The van der Waals surface area contributed by atoms with Crippen LogP contribution < -0.4 is 4.74 Å². The third-order valence-corrected chi connectivity index (χ3v) is 5.23. The third kappa shape index (κ3) is 4.32. The molecule has 25 heavy (non-hydrogen) atoms. The Balaban J connectivity index is 1.49. The zero-order chi connectivity index (χ0) is 17.8. The number of carbonyl (C=O) groups is 2. The number of ether oxygens (including phenoxy) is 1. The number of amides is 2. The van der Waals surface area contributed by atoms with E-state index in [1.807, 2.05) is 24.4 Å². The Hall–Kier alpha value is -2.05. The van der Waals surface area contributed by atoms with Crippen molar-refractivity contribution in [3.8, 4) is 5.75 Å². The lowest BCUT2D eigenvalue weighted by Crippen LogP contribution is -2.51. The largest absolute Gasteiger partial charge is 0.483 e. The standard InChI is InChI=1S/C18H19ClN2O3S/c1-13-11-14(19)4-5-15(13)24-12-17(22)20-6-8-21(9-7-20)18(23)16-3-2-10-25-16/h2-5,10-11H,6-9,12H2,1H3. The van der Waals surface area contributed by atoms with Crippen molar-refractivity contribution < 1.29 is 14.3 Å². The van der Waals surface area contributed by atoms with E-state index in [1.54, 1.807) is 28.0 Å². The molecule has 0 saturated carbocycles. The van der Waals surface area contributed by atoms with Crippen LogP contribution in [0.25, 0.3) is 0 Å². The molecule has 2 amide bonds. The van der Waals surface area contributed by atoms with Crippen molar-refractivity contribution in [1.29, 1.82) is 0 Å². The fourth-order valence-corrected chi connectivity index (χ4v) is 3.64. The first kappa shape index (κ1) is 17.8. The molecular formula is C18H19ClN2O3S. The molecule has 0 atom stereocenters. The van der Waals surface area contributed by atoms with Crippen molar-refractivity contribution >= 4 is 34.8 Å². The van der Waals surface area contributed by atoms with Gasteiger partial charge in [0.15, 0.2) is 6.61 Å². The Bertz CT molecular complexity index is 756. The molecule has 0 spiro atoms. The van der Waals surface area contributed by atoms with Gasteiger partial charge >= 0.3 is 0 Å². The maximum absolute atomic E-state index is 12.3. The number of aryl methyl sites for hydroxylation is 1. The van der Waals surface area contributed by atoms with Crippen LogP contribution in [0.4, 0.5) is 0 Å². The molecule has 1 fully saturated rings. The van der Waals surface area contributed by atoms with Crippen molar-refractivity contribution in [3.63, 3.8) is 0 Å². The number of thiophene rings is 1. The van der Waals surface area contributed by atoms with Gasteiger partial charge in [-0.2, -0.15) is 0 Å². The first-order chi connectivity index (χ1) is 12.0. The average Bonchev–Trinajstić information content (AvgIpc) is 3.15. The SMILES string of the molecule is Cc1cc(Cl)ccc1OCC(=O)N1CCN(C(=O)c2cccs2)CC1. The molecule has 3 rings (SSSR count). The maximum Gasteiger partial charge on any atom is 0.264 e. The van der Waals surface area contributed by atoms with E-state index in [4.69, 9.17) is 16.3 Å². The van der Waals surface area contributed by atoms with E-state index in [0.717, 1.165) is 10.4 Å². The summed E-state index contributed by atoms with van der Waals surface area (Å²) in [5, 5.41) is 2.53. The van der Waals surface area contributed by atoms with E-state index in [9.17, 15) is 9.59 Å². The van der Waals surface area contributed by atoms with E-state index >= 15 is 0 Å². The van der Waals surface area contributed by atoms with Crippen LogP contribution in [0.5, 0.6) is 5.75 Å². The highest BCUT2D eigenvalue weighted by atomic mass is 35.5. The minimum atomic E-state index is -0.0717. The molecule has 132 valence electrons. The number of hydrogen-bond donors (Lipinski definition) is 0. The average molecular weight is 379 g/mol. The van der Waals surface area contributed by atoms with Gasteiger partial charge in [0.1, 0.15) is 5.75 Å². The summed E-state index contributed by atoms with van der Waals surface area (Å²) >= 11 is 7.35. The molecule has 2 aromatic rings. The number of nitrogens with zero attached hydrogens (tertiary/aromatic N) is 2. The number of hydrogen-bond acceptors (Lipinski definition) is 4. The molecule has 0 bridgehead atoms. The molecule has 1 aliphatic rings. The summed E-state index contributed by atoms with van der Waals surface area (Å²) in [6, 6.07) is 9.00. The normalized spacial score (nSPS) is 14.5. The van der Waals surface area contributed by atoms with Crippen LogP contribution in [0.2, 0.25) is 5.02 Å². The molecule has 1 aromatic heterocycles. The first-order valence-electron chi connectivity index (χ1n) is 8.04. The zero-order valence-electron chi connectivity index (χ0n) is 13.9. The monoisotopic (exact) mass is 378 g/mol. The van der Waals surface area contributed by atoms with Crippen LogP contribution >= 0.6 is 22.9 Å². The van der Waals surface area contributed by atoms with Crippen molar-refractivity contribution in [2.75, 3.05) is 32.8 Å². The first-order valence-corrected chi connectivity index (χ1v) is 9.30. The van der Waals surface area contributed by atoms with Crippen molar-refractivity contribution in [3.05, 3.63) is 51.2 Å².